The van der Waals surface area contributed by atoms with Crippen LogP contribution in [0.3, 0.4) is 0 Å². The molecule has 1 aromatic heterocycles. The molecule has 0 aliphatic heterocycles. The number of hydrogen-bond donors (Lipinski definition) is 2. The van der Waals surface area contributed by atoms with Gasteiger partial charge in [0.15, 0.2) is 0 Å². The zero-order valence-corrected chi connectivity index (χ0v) is 13.3. The molecule has 2 amide bonds. The van der Waals surface area contributed by atoms with Crippen LogP contribution in [0.15, 0.2) is 18.2 Å². The Morgan fingerprint density at radius 3 is 2.73 bits per heavy atom. The predicted octanol–water partition coefficient (Wildman–Crippen LogP) is 2.32. The zero-order valence-electron chi connectivity index (χ0n) is 12.5. The fourth-order valence-electron chi connectivity index (χ4n) is 1.88. The van der Waals surface area contributed by atoms with Crippen molar-refractivity contribution >= 4 is 34.7 Å². The number of carbonyl (C=O) groups is 2. The van der Waals surface area contributed by atoms with E-state index in [-0.39, 0.29) is 11.8 Å². The number of rotatable bonds is 5. The molecule has 7 nitrogen and oxygen atoms in total. The van der Waals surface area contributed by atoms with Crippen molar-refractivity contribution in [1.29, 1.82) is 0 Å². The van der Waals surface area contributed by atoms with Gasteiger partial charge in [0.1, 0.15) is 10.6 Å². The number of aryl methyl sites for hydroxylation is 1. The van der Waals surface area contributed by atoms with Crippen LogP contribution in [0.25, 0.3) is 0 Å². The average Bonchev–Trinajstić information content (AvgIpc) is 2.95. The van der Waals surface area contributed by atoms with Crippen LogP contribution < -0.4 is 15.4 Å². The summed E-state index contributed by atoms with van der Waals surface area (Å²) in [4.78, 5) is 23.9. The molecule has 116 valence electrons. The molecule has 0 aliphatic carbocycles. The van der Waals surface area contributed by atoms with E-state index < -0.39 is 0 Å². The van der Waals surface area contributed by atoms with E-state index in [4.69, 9.17) is 4.74 Å². The lowest BCUT2D eigenvalue weighted by Gasteiger charge is -2.12. The van der Waals surface area contributed by atoms with Gasteiger partial charge in [0.2, 0.25) is 5.91 Å². The smallest absolute Gasteiger partial charge is 0.269 e. The highest BCUT2D eigenvalue weighted by atomic mass is 32.1. The molecular formula is C14H16N4O3S. The van der Waals surface area contributed by atoms with Crippen molar-refractivity contribution in [2.45, 2.75) is 20.3 Å². The minimum absolute atomic E-state index is 0.192. The van der Waals surface area contributed by atoms with Gasteiger partial charge in [-0.15, -0.1) is 5.10 Å². The summed E-state index contributed by atoms with van der Waals surface area (Å²) in [5.74, 6) is 0.00506. The normalized spacial score (nSPS) is 10.1. The third-order valence-corrected chi connectivity index (χ3v) is 3.63. The fourth-order valence-corrected chi connectivity index (χ4v) is 2.52. The maximum atomic E-state index is 12.3. The topological polar surface area (TPSA) is 93.2 Å². The van der Waals surface area contributed by atoms with Crippen LogP contribution in [0.2, 0.25) is 0 Å². The van der Waals surface area contributed by atoms with Crippen LogP contribution in [0.5, 0.6) is 5.75 Å². The second-order valence-electron chi connectivity index (χ2n) is 4.45. The molecule has 2 N–H and O–H groups in total. The molecule has 0 unspecified atom stereocenters. The number of methoxy groups -OCH3 is 1. The predicted molar refractivity (Wildman–Crippen MR) is 84.5 cm³/mol. The summed E-state index contributed by atoms with van der Waals surface area (Å²) in [5.41, 5.74) is 1.69. The summed E-state index contributed by atoms with van der Waals surface area (Å²) in [6, 6.07) is 5.01. The fraction of sp³-hybridized carbons (Fsp3) is 0.286. The van der Waals surface area contributed by atoms with Gasteiger partial charge in [0.25, 0.3) is 5.91 Å². The number of nitrogens with one attached hydrogen (secondary N) is 2. The number of benzene rings is 1. The average molecular weight is 320 g/mol. The maximum absolute atomic E-state index is 12.3. The number of anilines is 2. The third-order valence-electron chi connectivity index (χ3n) is 2.86. The first-order chi connectivity index (χ1) is 10.5. The molecular weight excluding hydrogens is 304 g/mol. The lowest BCUT2D eigenvalue weighted by Crippen LogP contribution is -2.14. The number of aromatic nitrogens is 2. The SMILES string of the molecule is CCc1nnsc1C(=O)Nc1cc(NC(C)=O)ccc1OC. The van der Waals surface area contributed by atoms with E-state index in [0.717, 1.165) is 11.5 Å². The first kappa shape index (κ1) is 15.9. The minimum atomic E-state index is -0.301. The molecule has 8 heteroatoms. The van der Waals surface area contributed by atoms with E-state index in [9.17, 15) is 9.59 Å². The zero-order chi connectivity index (χ0) is 16.1. The van der Waals surface area contributed by atoms with Crippen LogP contribution in [-0.4, -0.2) is 28.5 Å². The van der Waals surface area contributed by atoms with Gasteiger partial charge in [-0.2, -0.15) is 0 Å². The summed E-state index contributed by atoms with van der Waals surface area (Å²) in [6.45, 7) is 3.32. The van der Waals surface area contributed by atoms with Crippen LogP contribution in [0.1, 0.15) is 29.2 Å². The monoisotopic (exact) mass is 320 g/mol. The number of nitrogens with zero attached hydrogens (tertiary/aromatic N) is 2. The Balaban J connectivity index is 2.27. The minimum Gasteiger partial charge on any atom is -0.495 e. The molecule has 0 bridgehead atoms. The summed E-state index contributed by atoms with van der Waals surface area (Å²) in [5, 5.41) is 9.34. The van der Waals surface area contributed by atoms with Crippen molar-refractivity contribution in [3.05, 3.63) is 28.8 Å². The van der Waals surface area contributed by atoms with Crippen LogP contribution >= 0.6 is 11.5 Å². The first-order valence-electron chi connectivity index (χ1n) is 6.63. The van der Waals surface area contributed by atoms with Gasteiger partial charge in [0.05, 0.1) is 18.5 Å². The molecule has 0 saturated carbocycles. The third kappa shape index (κ3) is 3.59. The van der Waals surface area contributed by atoms with E-state index in [0.29, 0.717) is 34.1 Å². The Morgan fingerprint density at radius 1 is 1.32 bits per heavy atom. The van der Waals surface area contributed by atoms with E-state index in [2.05, 4.69) is 20.2 Å². The summed E-state index contributed by atoms with van der Waals surface area (Å²) in [6.07, 6.45) is 0.627. The van der Waals surface area contributed by atoms with E-state index in [1.807, 2.05) is 6.92 Å². The number of amides is 2. The summed E-state index contributed by atoms with van der Waals surface area (Å²) >= 11 is 1.05. The molecule has 2 aromatic rings. The van der Waals surface area contributed by atoms with Crippen molar-refractivity contribution in [2.24, 2.45) is 0 Å². The molecule has 0 aliphatic rings. The Morgan fingerprint density at radius 2 is 2.09 bits per heavy atom. The number of carbonyl (C=O) groups excluding carboxylic acids is 2. The van der Waals surface area contributed by atoms with E-state index in [1.165, 1.54) is 14.0 Å². The Hall–Kier alpha value is -2.48. The molecule has 0 radical (unpaired) electrons. The van der Waals surface area contributed by atoms with Crippen LogP contribution in [0.4, 0.5) is 11.4 Å². The second-order valence-corrected chi connectivity index (χ2v) is 5.21. The number of hydrogen-bond acceptors (Lipinski definition) is 6. The van der Waals surface area contributed by atoms with Gasteiger partial charge in [-0.3, -0.25) is 9.59 Å². The van der Waals surface area contributed by atoms with E-state index >= 15 is 0 Å². The largest absolute Gasteiger partial charge is 0.495 e. The highest BCUT2D eigenvalue weighted by Gasteiger charge is 2.17. The van der Waals surface area contributed by atoms with Gasteiger partial charge in [-0.1, -0.05) is 11.4 Å². The number of ether oxygens (including phenoxy) is 1. The summed E-state index contributed by atoms with van der Waals surface area (Å²) in [7, 11) is 1.51. The molecule has 0 spiro atoms. The van der Waals surface area contributed by atoms with Gasteiger partial charge >= 0.3 is 0 Å². The van der Waals surface area contributed by atoms with Crippen molar-refractivity contribution in [2.75, 3.05) is 17.7 Å². The van der Waals surface area contributed by atoms with Gasteiger partial charge in [0, 0.05) is 12.6 Å². The molecule has 22 heavy (non-hydrogen) atoms. The van der Waals surface area contributed by atoms with Crippen molar-refractivity contribution in [3.8, 4) is 5.75 Å². The van der Waals surface area contributed by atoms with Crippen molar-refractivity contribution in [3.63, 3.8) is 0 Å². The Labute approximate surface area is 131 Å². The lowest BCUT2D eigenvalue weighted by atomic mass is 10.2. The standard InChI is InChI=1S/C14H16N4O3S/c1-4-10-13(22-18-17-10)14(20)16-11-7-9(15-8(2)19)5-6-12(11)21-3/h5-7H,4H2,1-3H3,(H,15,19)(H,16,20). The molecule has 0 atom stereocenters. The van der Waals surface area contributed by atoms with Crippen molar-refractivity contribution in [1.82, 2.24) is 9.59 Å². The Bertz CT molecular complexity index is 699. The molecule has 1 aromatic carbocycles. The molecule has 0 fully saturated rings. The van der Waals surface area contributed by atoms with E-state index in [1.54, 1.807) is 18.2 Å². The van der Waals surface area contributed by atoms with Crippen LogP contribution in [-0.2, 0) is 11.2 Å². The molecule has 2 rings (SSSR count). The first-order valence-corrected chi connectivity index (χ1v) is 7.40. The van der Waals surface area contributed by atoms with Gasteiger partial charge in [-0.25, -0.2) is 0 Å². The van der Waals surface area contributed by atoms with Gasteiger partial charge in [-0.05, 0) is 36.2 Å². The molecule has 1 heterocycles. The van der Waals surface area contributed by atoms with Crippen LogP contribution in [0, 0.1) is 0 Å². The highest BCUT2D eigenvalue weighted by molar-refractivity contribution is 7.08. The lowest BCUT2D eigenvalue weighted by molar-refractivity contribution is -0.114. The quantitative estimate of drug-likeness (QED) is 0.882. The second kappa shape index (κ2) is 6.99. The van der Waals surface area contributed by atoms with Crippen molar-refractivity contribution < 1.29 is 14.3 Å². The summed E-state index contributed by atoms with van der Waals surface area (Å²) < 4.78 is 9.02. The Kier molecular flexibility index (Phi) is 5.05. The highest BCUT2D eigenvalue weighted by Crippen LogP contribution is 2.28. The maximum Gasteiger partial charge on any atom is 0.269 e. The molecule has 0 saturated heterocycles. The van der Waals surface area contributed by atoms with Gasteiger partial charge < -0.3 is 15.4 Å².